The summed E-state index contributed by atoms with van der Waals surface area (Å²) in [5.41, 5.74) is 4.70. The number of ether oxygens (including phenoxy) is 1. The molecule has 1 saturated heterocycles. The highest BCUT2D eigenvalue weighted by Gasteiger charge is 2.72. The van der Waals surface area contributed by atoms with Crippen molar-refractivity contribution in [1.82, 2.24) is 0 Å². The molecule has 0 radical (unpaired) electrons. The first kappa shape index (κ1) is 28.0. The van der Waals surface area contributed by atoms with Gasteiger partial charge in [-0.05, 0) is 71.0 Å². The lowest BCUT2D eigenvalue weighted by Crippen LogP contribution is -2.56. The fraction of sp³-hybridized carbons (Fsp3) is 0.400. The van der Waals surface area contributed by atoms with Gasteiger partial charge >= 0.3 is 5.97 Å². The number of amides is 2. The molecule has 0 spiro atoms. The van der Waals surface area contributed by atoms with E-state index in [1.165, 1.54) is 4.90 Å². The zero-order valence-corrected chi connectivity index (χ0v) is 27.0. The minimum Gasteiger partial charge on any atom is -0.458 e. The van der Waals surface area contributed by atoms with Crippen molar-refractivity contribution < 1.29 is 19.1 Å². The summed E-state index contributed by atoms with van der Waals surface area (Å²) >= 11 is 8.10. The normalized spacial score (nSPS) is 32.9. The second-order valence-electron chi connectivity index (χ2n) is 12.8. The van der Waals surface area contributed by atoms with Gasteiger partial charge in [0.25, 0.3) is 0 Å². The van der Waals surface area contributed by atoms with Gasteiger partial charge in [-0.2, -0.15) is 0 Å². The van der Waals surface area contributed by atoms with Crippen molar-refractivity contribution in [3.63, 3.8) is 0 Å². The van der Waals surface area contributed by atoms with E-state index >= 15 is 0 Å². The summed E-state index contributed by atoms with van der Waals surface area (Å²) in [6, 6.07) is 22.9. The Hall–Kier alpha value is -2.77. The molecule has 1 heterocycles. The summed E-state index contributed by atoms with van der Waals surface area (Å²) in [5.74, 6) is -1.05. The number of esters is 1. The first-order valence-corrected chi connectivity index (χ1v) is 16.4. The van der Waals surface area contributed by atoms with Crippen LogP contribution in [-0.4, -0.2) is 23.9 Å². The van der Waals surface area contributed by atoms with Gasteiger partial charge in [-0.3, -0.25) is 9.59 Å². The van der Waals surface area contributed by atoms with Crippen LogP contribution in [0.15, 0.2) is 72.8 Å². The van der Waals surface area contributed by atoms with Crippen molar-refractivity contribution >= 4 is 55.3 Å². The number of anilines is 1. The van der Waals surface area contributed by atoms with E-state index in [2.05, 4.69) is 52.6 Å². The SMILES string of the molecule is CC(C)[C@H]1CC[C@@H](C)C[C@H]1OC(=O)c1cccc(N2C(=O)[C@@H]3[C@@H](C2=O)C2(Br)c4ccccc4C3(Br)c3ccccc32)c1. The van der Waals surface area contributed by atoms with Gasteiger partial charge in [-0.1, -0.05) is 114 Å². The molecule has 2 amide bonds. The second-order valence-corrected chi connectivity index (χ2v) is 15.3. The molecular formula is C35H33Br2NO4. The number of nitrogens with zero attached hydrogens (tertiary/aromatic N) is 1. The Labute approximate surface area is 263 Å². The topological polar surface area (TPSA) is 63.7 Å². The second kappa shape index (κ2) is 9.88. The van der Waals surface area contributed by atoms with E-state index in [1.807, 2.05) is 48.5 Å². The molecule has 1 saturated carbocycles. The predicted molar refractivity (Wildman–Crippen MR) is 169 cm³/mol. The van der Waals surface area contributed by atoms with Gasteiger partial charge in [0.2, 0.25) is 11.8 Å². The molecule has 7 heteroatoms. The predicted octanol–water partition coefficient (Wildman–Crippen LogP) is 7.71. The molecule has 2 fully saturated rings. The van der Waals surface area contributed by atoms with E-state index in [1.54, 1.807) is 24.3 Å². The smallest absolute Gasteiger partial charge is 0.338 e. The molecule has 3 aromatic carbocycles. The van der Waals surface area contributed by atoms with E-state index < -0.39 is 26.5 Å². The van der Waals surface area contributed by atoms with Gasteiger partial charge in [0, 0.05) is 0 Å². The molecule has 1 aliphatic heterocycles. The highest BCUT2D eigenvalue weighted by molar-refractivity contribution is 9.10. The molecule has 5 nitrogen and oxygen atoms in total. The van der Waals surface area contributed by atoms with E-state index in [9.17, 15) is 14.4 Å². The fourth-order valence-electron chi connectivity index (χ4n) is 8.15. The van der Waals surface area contributed by atoms with Gasteiger partial charge in [0.1, 0.15) is 6.10 Å². The van der Waals surface area contributed by atoms with E-state index in [0.29, 0.717) is 29.0 Å². The quantitative estimate of drug-likeness (QED) is 0.160. The molecule has 5 atom stereocenters. The monoisotopic (exact) mass is 689 g/mol. The molecule has 4 aliphatic carbocycles. The molecule has 2 bridgehead atoms. The molecule has 5 aliphatic rings. The maximum atomic E-state index is 14.4. The largest absolute Gasteiger partial charge is 0.458 e. The highest BCUT2D eigenvalue weighted by Crippen LogP contribution is 2.70. The standard InChI is InChI=1S/C35H33Br2NO4/c1-19(2)23-16-15-20(3)17-28(23)42-33(41)21-9-8-10-22(18-21)38-31(39)29-30(32(38)40)35(37)25-12-5-4-11-24(25)34(29,36)26-13-6-7-14-27(26)35/h4-14,18-20,23,28-30H,15-17H2,1-3H3/t20-,23-,28-,29+,30+,34?,35?/m1/s1. The Morgan fingerprint density at radius 2 is 1.36 bits per heavy atom. The molecule has 0 aromatic heterocycles. The summed E-state index contributed by atoms with van der Waals surface area (Å²) in [7, 11) is 0. The lowest BCUT2D eigenvalue weighted by Gasteiger charge is -2.55. The fourth-order valence-corrected chi connectivity index (χ4v) is 10.5. The highest BCUT2D eigenvalue weighted by atomic mass is 79.9. The maximum absolute atomic E-state index is 14.4. The van der Waals surface area contributed by atoms with E-state index in [4.69, 9.17) is 4.74 Å². The molecule has 216 valence electrons. The molecule has 3 aromatic rings. The third kappa shape index (κ3) is 3.75. The Kier molecular flexibility index (Phi) is 6.59. The third-order valence-electron chi connectivity index (χ3n) is 10.1. The van der Waals surface area contributed by atoms with Crippen LogP contribution >= 0.6 is 31.9 Å². The molecule has 42 heavy (non-hydrogen) atoms. The summed E-state index contributed by atoms with van der Waals surface area (Å²) < 4.78 is 4.39. The summed E-state index contributed by atoms with van der Waals surface area (Å²) in [6.45, 7) is 6.57. The van der Waals surface area contributed by atoms with Crippen LogP contribution in [0.5, 0.6) is 0 Å². The molecule has 0 N–H and O–H groups in total. The van der Waals surface area contributed by atoms with Crippen molar-refractivity contribution in [2.24, 2.45) is 29.6 Å². The van der Waals surface area contributed by atoms with Gasteiger partial charge in [0.05, 0.1) is 31.7 Å². The van der Waals surface area contributed by atoms with Crippen molar-refractivity contribution in [3.05, 3.63) is 101 Å². The van der Waals surface area contributed by atoms with Crippen LogP contribution < -0.4 is 4.90 Å². The minimum atomic E-state index is -0.859. The molecule has 0 unspecified atom stereocenters. The minimum absolute atomic E-state index is 0.142. The number of hydrogen-bond donors (Lipinski definition) is 0. The number of carbonyl (C=O) groups is 3. The number of rotatable bonds is 4. The lowest BCUT2D eigenvalue weighted by atomic mass is 9.54. The van der Waals surface area contributed by atoms with Crippen molar-refractivity contribution in [3.8, 4) is 0 Å². The summed E-state index contributed by atoms with van der Waals surface area (Å²) in [5, 5.41) is 0. The van der Waals surface area contributed by atoms with Gasteiger partial charge in [0.15, 0.2) is 0 Å². The zero-order chi connectivity index (χ0) is 29.6. The molecule has 8 rings (SSSR count). The zero-order valence-electron chi connectivity index (χ0n) is 23.8. The summed E-state index contributed by atoms with van der Waals surface area (Å²) in [4.78, 5) is 43.5. The van der Waals surface area contributed by atoms with Crippen LogP contribution in [0.1, 0.15) is 72.6 Å². The lowest BCUT2D eigenvalue weighted by molar-refractivity contribution is -0.122. The van der Waals surface area contributed by atoms with Crippen LogP contribution in [-0.2, 0) is 23.0 Å². The van der Waals surface area contributed by atoms with Gasteiger partial charge in [-0.25, -0.2) is 9.69 Å². The van der Waals surface area contributed by atoms with Crippen LogP contribution in [0.4, 0.5) is 5.69 Å². The van der Waals surface area contributed by atoms with Crippen molar-refractivity contribution in [2.75, 3.05) is 4.90 Å². The Balaban J connectivity index is 1.26. The van der Waals surface area contributed by atoms with Crippen molar-refractivity contribution in [2.45, 2.75) is 54.8 Å². The first-order valence-electron chi connectivity index (χ1n) is 14.8. The number of halogens is 2. The first-order chi connectivity index (χ1) is 20.1. The number of benzene rings is 3. The number of carbonyl (C=O) groups excluding carboxylic acids is 3. The van der Waals surface area contributed by atoms with Crippen LogP contribution in [0.2, 0.25) is 0 Å². The number of hydrogen-bond acceptors (Lipinski definition) is 4. The van der Waals surface area contributed by atoms with Crippen LogP contribution in [0.25, 0.3) is 0 Å². The molecular weight excluding hydrogens is 658 g/mol. The maximum Gasteiger partial charge on any atom is 0.338 e. The Morgan fingerprint density at radius 3 is 1.86 bits per heavy atom. The third-order valence-corrected chi connectivity index (χ3v) is 12.8. The Bertz CT molecular complexity index is 1510. The Morgan fingerprint density at radius 1 is 0.833 bits per heavy atom. The van der Waals surface area contributed by atoms with Gasteiger partial charge in [-0.15, -0.1) is 0 Å². The van der Waals surface area contributed by atoms with E-state index in [-0.39, 0.29) is 17.9 Å². The van der Waals surface area contributed by atoms with Gasteiger partial charge < -0.3 is 4.74 Å². The average Bonchev–Trinajstić information content (AvgIpc) is 3.26. The van der Waals surface area contributed by atoms with E-state index in [0.717, 1.165) is 41.5 Å². The summed E-state index contributed by atoms with van der Waals surface area (Å²) in [6.07, 6.45) is 2.90. The average molecular weight is 691 g/mol. The van der Waals surface area contributed by atoms with Crippen LogP contribution in [0.3, 0.4) is 0 Å². The van der Waals surface area contributed by atoms with Crippen LogP contribution in [0, 0.1) is 29.6 Å². The number of alkyl halides is 2. The number of imide groups is 1. The van der Waals surface area contributed by atoms with Crippen molar-refractivity contribution in [1.29, 1.82) is 0 Å².